The molecule has 0 radical (unpaired) electrons. The number of benzene rings is 1. The zero-order valence-electron chi connectivity index (χ0n) is 11.7. The lowest BCUT2D eigenvalue weighted by Gasteiger charge is -2.36. The molecule has 10 heteroatoms. The highest BCUT2D eigenvalue weighted by Gasteiger charge is 2.46. The number of rotatable bonds is 2. The van der Waals surface area contributed by atoms with Crippen LogP contribution in [0.2, 0.25) is 0 Å². The molecule has 1 saturated heterocycles. The summed E-state index contributed by atoms with van der Waals surface area (Å²) in [4.78, 5) is 1.26. The molecule has 2 rings (SSSR count). The van der Waals surface area contributed by atoms with Crippen molar-refractivity contribution >= 4 is 40.7 Å². The summed E-state index contributed by atoms with van der Waals surface area (Å²) in [5.41, 5.74) is -0.227. The van der Waals surface area contributed by atoms with Crippen LogP contribution in [0.1, 0.15) is 17.2 Å². The topological polar surface area (TPSA) is 59.3 Å². The van der Waals surface area contributed by atoms with Gasteiger partial charge in [-0.25, -0.2) is 0 Å². The van der Waals surface area contributed by atoms with Gasteiger partial charge in [0, 0.05) is 31.7 Å². The zero-order chi connectivity index (χ0) is 15.6. The minimum Gasteiger partial charge on any atom is -0.506 e. The number of nitrogens with one attached hydrogen (secondary N) is 1. The van der Waals surface area contributed by atoms with Crippen molar-refractivity contribution in [2.75, 3.05) is 26.2 Å². The molecule has 0 bridgehead atoms. The normalized spacial score (nSPS) is 16.7. The van der Waals surface area contributed by atoms with Gasteiger partial charge in [0.2, 0.25) is 0 Å². The Morgan fingerprint density at radius 1 is 1.26 bits per heavy atom. The highest BCUT2D eigenvalue weighted by Crippen LogP contribution is 2.44. The van der Waals surface area contributed by atoms with Crippen molar-refractivity contribution in [2.45, 2.75) is 12.2 Å². The lowest BCUT2D eigenvalue weighted by molar-refractivity contribution is -0.188. The molecule has 1 aliphatic heterocycles. The Kier molecular flexibility index (Phi) is 8.66. The first kappa shape index (κ1) is 22.3. The molecule has 0 unspecified atom stereocenters. The lowest BCUT2D eigenvalue weighted by Crippen LogP contribution is -2.49. The van der Waals surface area contributed by atoms with E-state index >= 15 is 0 Å². The Labute approximate surface area is 152 Å². The second-order valence-corrected chi connectivity index (χ2v) is 5.59. The summed E-state index contributed by atoms with van der Waals surface area (Å²) in [7, 11) is 0. The molecule has 1 aromatic rings. The van der Waals surface area contributed by atoms with Crippen LogP contribution in [0.25, 0.3) is 0 Å². The molecule has 0 aliphatic carbocycles. The summed E-state index contributed by atoms with van der Waals surface area (Å²) >= 11 is 3.00. The Hall–Kier alpha value is -0.720. The summed E-state index contributed by atoms with van der Waals surface area (Å²) in [6.45, 7) is 1.34. The highest BCUT2D eigenvalue weighted by molar-refractivity contribution is 9.10. The second kappa shape index (κ2) is 8.94. The molecular weight excluding hydrogens is 422 g/mol. The Bertz CT molecular complexity index is 575. The van der Waals surface area contributed by atoms with Crippen molar-refractivity contribution in [3.05, 3.63) is 27.7 Å². The fourth-order valence-corrected chi connectivity index (χ4v) is 2.89. The number of alkyl halides is 3. The molecule has 1 fully saturated rings. The molecule has 0 spiro atoms. The predicted octanol–water partition coefficient (Wildman–Crippen LogP) is 3.38. The van der Waals surface area contributed by atoms with Crippen molar-refractivity contribution in [3.8, 4) is 11.8 Å². The molecular formula is C13H15BrCl2F3N3O. The Morgan fingerprint density at radius 3 is 2.30 bits per heavy atom. The summed E-state index contributed by atoms with van der Waals surface area (Å²) in [5, 5.41) is 21.9. The van der Waals surface area contributed by atoms with Crippen molar-refractivity contribution in [1.82, 2.24) is 10.2 Å². The number of phenols is 1. The van der Waals surface area contributed by atoms with E-state index in [0.717, 1.165) is 6.07 Å². The molecule has 0 amide bonds. The van der Waals surface area contributed by atoms with E-state index in [1.165, 1.54) is 11.0 Å². The third-order valence-corrected chi connectivity index (χ3v) is 3.95. The maximum atomic E-state index is 13.5. The number of phenolic OH excluding ortho intramolecular Hbond substituents is 1. The van der Waals surface area contributed by atoms with Crippen LogP contribution in [-0.4, -0.2) is 42.4 Å². The summed E-state index contributed by atoms with van der Waals surface area (Å²) in [6, 6.07) is 2.27. The number of hydrogen-bond acceptors (Lipinski definition) is 4. The Balaban J connectivity index is 0.00000242. The molecule has 4 nitrogen and oxygen atoms in total. The van der Waals surface area contributed by atoms with Gasteiger partial charge in [0.15, 0.2) is 0 Å². The van der Waals surface area contributed by atoms with Crippen LogP contribution in [-0.2, 0) is 0 Å². The van der Waals surface area contributed by atoms with Crippen LogP contribution < -0.4 is 5.32 Å². The van der Waals surface area contributed by atoms with Gasteiger partial charge in [0.25, 0.3) is 0 Å². The quantitative estimate of drug-likeness (QED) is 0.746. The van der Waals surface area contributed by atoms with Crippen LogP contribution in [0, 0.1) is 11.3 Å². The molecule has 1 aliphatic rings. The summed E-state index contributed by atoms with van der Waals surface area (Å²) < 4.78 is 40.5. The molecule has 1 heterocycles. The van der Waals surface area contributed by atoms with E-state index < -0.39 is 18.0 Å². The highest BCUT2D eigenvalue weighted by atomic mass is 79.9. The smallest absolute Gasteiger partial charge is 0.408 e. The summed E-state index contributed by atoms with van der Waals surface area (Å²) in [6.07, 6.45) is -4.54. The van der Waals surface area contributed by atoms with Crippen LogP contribution in [0.3, 0.4) is 0 Å². The van der Waals surface area contributed by atoms with Crippen LogP contribution in [0.4, 0.5) is 13.2 Å². The van der Waals surface area contributed by atoms with Gasteiger partial charge in [0.05, 0.1) is 16.1 Å². The van der Waals surface area contributed by atoms with E-state index in [-0.39, 0.29) is 53.5 Å². The monoisotopic (exact) mass is 435 g/mol. The van der Waals surface area contributed by atoms with Gasteiger partial charge < -0.3 is 10.4 Å². The molecule has 1 atom stereocenters. The first-order valence-corrected chi connectivity index (χ1v) is 7.08. The molecule has 130 valence electrons. The van der Waals surface area contributed by atoms with Crippen LogP contribution >= 0.6 is 40.7 Å². The maximum Gasteiger partial charge on any atom is 0.408 e. The van der Waals surface area contributed by atoms with E-state index in [4.69, 9.17) is 5.26 Å². The Morgan fingerprint density at radius 2 is 1.83 bits per heavy atom. The van der Waals surface area contributed by atoms with E-state index in [1.54, 1.807) is 6.07 Å². The minimum absolute atomic E-state index is 0. The number of hydrogen-bond donors (Lipinski definition) is 2. The standard InChI is InChI=1S/C13H13BrF3N3O.2ClH/c14-10-6-8(7-18)5-9(11(10)21)12(13(15,16)17)20-3-1-19-2-4-20;;/h5-6,12,19,21H,1-4H2;2*1H/t12-;;/m0../s1. The van der Waals surface area contributed by atoms with Crippen molar-refractivity contribution in [2.24, 2.45) is 0 Å². The van der Waals surface area contributed by atoms with E-state index in [1.807, 2.05) is 0 Å². The van der Waals surface area contributed by atoms with E-state index in [0.29, 0.717) is 13.1 Å². The first-order valence-electron chi connectivity index (χ1n) is 6.28. The lowest BCUT2D eigenvalue weighted by atomic mass is 10.0. The summed E-state index contributed by atoms with van der Waals surface area (Å²) in [5.74, 6) is -0.477. The van der Waals surface area contributed by atoms with Gasteiger partial charge in [-0.15, -0.1) is 24.8 Å². The molecule has 2 N–H and O–H groups in total. The fraction of sp³-hybridized carbons (Fsp3) is 0.462. The molecule has 23 heavy (non-hydrogen) atoms. The number of aromatic hydroxyl groups is 1. The van der Waals surface area contributed by atoms with Gasteiger partial charge in [-0.05, 0) is 28.1 Å². The number of halogens is 6. The second-order valence-electron chi connectivity index (χ2n) is 4.74. The van der Waals surface area contributed by atoms with Crippen molar-refractivity contribution < 1.29 is 18.3 Å². The minimum atomic E-state index is -4.54. The third-order valence-electron chi connectivity index (χ3n) is 3.34. The van der Waals surface area contributed by atoms with Gasteiger partial charge in [-0.1, -0.05) is 0 Å². The van der Waals surface area contributed by atoms with Gasteiger partial charge in [-0.3, -0.25) is 4.90 Å². The fourth-order valence-electron chi connectivity index (χ4n) is 2.41. The van der Waals surface area contributed by atoms with Crippen molar-refractivity contribution in [1.29, 1.82) is 5.26 Å². The predicted molar refractivity (Wildman–Crippen MR) is 88.3 cm³/mol. The molecule has 1 aromatic carbocycles. The number of piperazine rings is 1. The van der Waals surface area contributed by atoms with E-state index in [9.17, 15) is 18.3 Å². The van der Waals surface area contributed by atoms with Gasteiger partial charge in [0.1, 0.15) is 11.8 Å². The maximum absolute atomic E-state index is 13.5. The van der Waals surface area contributed by atoms with Gasteiger partial charge >= 0.3 is 6.18 Å². The zero-order valence-corrected chi connectivity index (χ0v) is 14.9. The number of nitriles is 1. The van der Waals surface area contributed by atoms with Crippen molar-refractivity contribution in [3.63, 3.8) is 0 Å². The molecule has 0 saturated carbocycles. The van der Waals surface area contributed by atoms with Crippen LogP contribution in [0.15, 0.2) is 16.6 Å². The average molecular weight is 437 g/mol. The van der Waals surface area contributed by atoms with Crippen LogP contribution in [0.5, 0.6) is 5.75 Å². The SMILES string of the molecule is Cl.Cl.N#Cc1cc(Br)c(O)c([C@H](N2CCNCC2)C(F)(F)F)c1. The largest absolute Gasteiger partial charge is 0.506 e. The third kappa shape index (κ3) is 5.13. The molecule has 0 aromatic heterocycles. The first-order chi connectivity index (χ1) is 9.84. The van der Waals surface area contributed by atoms with Gasteiger partial charge in [-0.2, -0.15) is 18.4 Å². The van der Waals surface area contributed by atoms with E-state index in [2.05, 4.69) is 21.2 Å². The average Bonchev–Trinajstić information content (AvgIpc) is 2.43. The number of nitrogens with zero attached hydrogens (tertiary/aromatic N) is 2.